The molecule has 0 heterocycles. The van der Waals surface area contributed by atoms with Gasteiger partial charge in [-0.2, -0.15) is 0 Å². The molecule has 2 aromatic carbocycles. The number of halogens is 1. The summed E-state index contributed by atoms with van der Waals surface area (Å²) in [6.45, 7) is 3.63. The van der Waals surface area contributed by atoms with Gasteiger partial charge in [-0.15, -0.1) is 0 Å². The van der Waals surface area contributed by atoms with E-state index in [9.17, 15) is 0 Å². The Kier molecular flexibility index (Phi) is 4.86. The highest BCUT2D eigenvalue weighted by molar-refractivity contribution is 9.10. The van der Waals surface area contributed by atoms with E-state index in [1.807, 2.05) is 24.3 Å². The molecule has 0 saturated carbocycles. The van der Waals surface area contributed by atoms with Gasteiger partial charge in [-0.3, -0.25) is 0 Å². The highest BCUT2D eigenvalue weighted by Crippen LogP contribution is 2.17. The summed E-state index contributed by atoms with van der Waals surface area (Å²) >= 11 is 3.41. The first-order valence-electron chi connectivity index (χ1n) is 6.31. The molecule has 19 heavy (non-hydrogen) atoms. The van der Waals surface area contributed by atoms with E-state index in [-0.39, 0.29) is 0 Å². The summed E-state index contributed by atoms with van der Waals surface area (Å²) in [4.78, 5) is 2.19. The van der Waals surface area contributed by atoms with Gasteiger partial charge >= 0.3 is 0 Å². The van der Waals surface area contributed by atoms with Crippen LogP contribution in [0.25, 0.3) is 0 Å². The monoisotopic (exact) mass is 319 g/mol. The molecule has 0 saturated heterocycles. The van der Waals surface area contributed by atoms with Crippen LogP contribution >= 0.6 is 15.9 Å². The van der Waals surface area contributed by atoms with Crippen molar-refractivity contribution in [2.75, 3.05) is 25.1 Å². The first-order chi connectivity index (χ1) is 9.15. The van der Waals surface area contributed by atoms with Crippen LogP contribution in [0.2, 0.25) is 0 Å². The Balaban J connectivity index is 1.82. The second-order valence-electron chi connectivity index (χ2n) is 4.56. The maximum atomic E-state index is 5.71. The molecule has 0 bridgehead atoms. The zero-order chi connectivity index (χ0) is 13.7. The van der Waals surface area contributed by atoms with Gasteiger partial charge in [0.25, 0.3) is 0 Å². The summed E-state index contributed by atoms with van der Waals surface area (Å²) in [5.74, 6) is 0.903. The highest BCUT2D eigenvalue weighted by atomic mass is 79.9. The number of benzene rings is 2. The van der Waals surface area contributed by atoms with E-state index in [2.05, 4.69) is 59.1 Å². The number of nitrogens with zero attached hydrogens (tertiary/aromatic N) is 1. The van der Waals surface area contributed by atoms with Gasteiger partial charge in [-0.25, -0.2) is 0 Å². The van der Waals surface area contributed by atoms with E-state index in [1.54, 1.807) is 0 Å². The average Bonchev–Trinajstić information content (AvgIpc) is 2.41. The van der Waals surface area contributed by atoms with Crippen LogP contribution in [0.3, 0.4) is 0 Å². The molecular weight excluding hydrogens is 302 g/mol. The average molecular weight is 320 g/mol. The van der Waals surface area contributed by atoms with Crippen LogP contribution in [0.15, 0.2) is 53.0 Å². The fraction of sp³-hybridized carbons (Fsp3) is 0.250. The predicted octanol–water partition coefficient (Wildman–Crippen LogP) is 4.27. The number of hydrogen-bond acceptors (Lipinski definition) is 2. The third-order valence-corrected chi connectivity index (χ3v) is 3.51. The maximum absolute atomic E-state index is 5.71. The molecule has 0 fully saturated rings. The Hall–Kier alpha value is -1.48. The van der Waals surface area contributed by atoms with Crippen LogP contribution < -0.4 is 9.64 Å². The van der Waals surface area contributed by atoms with Crippen LogP contribution in [0, 0.1) is 6.92 Å². The zero-order valence-electron chi connectivity index (χ0n) is 11.3. The van der Waals surface area contributed by atoms with Gasteiger partial charge in [0.1, 0.15) is 12.4 Å². The van der Waals surface area contributed by atoms with Gasteiger partial charge < -0.3 is 9.64 Å². The molecule has 0 radical (unpaired) electrons. The molecule has 3 heteroatoms. The molecule has 0 spiro atoms. The number of rotatable bonds is 5. The molecule has 2 nitrogen and oxygen atoms in total. The van der Waals surface area contributed by atoms with Crippen molar-refractivity contribution in [2.24, 2.45) is 0 Å². The number of ether oxygens (including phenoxy) is 1. The van der Waals surface area contributed by atoms with Crippen LogP contribution in [0.4, 0.5) is 5.69 Å². The van der Waals surface area contributed by atoms with E-state index < -0.39 is 0 Å². The minimum absolute atomic E-state index is 0.673. The number of hydrogen-bond donors (Lipinski definition) is 0. The molecular formula is C16H18BrNO. The molecule has 0 atom stereocenters. The lowest BCUT2D eigenvalue weighted by Gasteiger charge is -2.19. The lowest BCUT2D eigenvalue weighted by molar-refractivity contribution is 0.326. The molecule has 100 valence electrons. The predicted molar refractivity (Wildman–Crippen MR) is 84.1 cm³/mol. The molecule has 0 amide bonds. The van der Waals surface area contributed by atoms with Crippen LogP contribution in [-0.2, 0) is 0 Å². The van der Waals surface area contributed by atoms with Crippen molar-refractivity contribution in [3.8, 4) is 5.75 Å². The Labute approximate surface area is 123 Å². The van der Waals surface area contributed by atoms with Gasteiger partial charge in [0, 0.05) is 17.2 Å². The summed E-state index contributed by atoms with van der Waals surface area (Å²) in [5.41, 5.74) is 2.49. The normalized spacial score (nSPS) is 10.3. The van der Waals surface area contributed by atoms with Crippen molar-refractivity contribution in [2.45, 2.75) is 6.92 Å². The number of anilines is 1. The van der Waals surface area contributed by atoms with Crippen LogP contribution in [0.5, 0.6) is 5.75 Å². The minimum atomic E-state index is 0.673. The summed E-state index contributed by atoms with van der Waals surface area (Å²) in [6.07, 6.45) is 0. The molecule has 0 N–H and O–H groups in total. The third-order valence-electron chi connectivity index (χ3n) is 2.98. The topological polar surface area (TPSA) is 12.5 Å². The van der Waals surface area contributed by atoms with Crippen molar-refractivity contribution < 1.29 is 4.74 Å². The van der Waals surface area contributed by atoms with E-state index in [0.29, 0.717) is 6.61 Å². The van der Waals surface area contributed by atoms with Crippen molar-refractivity contribution >= 4 is 21.6 Å². The van der Waals surface area contributed by atoms with E-state index in [4.69, 9.17) is 4.74 Å². The Bertz CT molecular complexity index is 507. The first kappa shape index (κ1) is 13.9. The second-order valence-corrected chi connectivity index (χ2v) is 5.48. The smallest absolute Gasteiger partial charge is 0.119 e. The maximum Gasteiger partial charge on any atom is 0.119 e. The Morgan fingerprint density at radius 1 is 1.00 bits per heavy atom. The molecule has 0 aromatic heterocycles. The van der Waals surface area contributed by atoms with Gasteiger partial charge in [-0.1, -0.05) is 33.6 Å². The van der Waals surface area contributed by atoms with Gasteiger partial charge in [0.2, 0.25) is 0 Å². The van der Waals surface area contributed by atoms with Crippen molar-refractivity contribution in [1.82, 2.24) is 0 Å². The fourth-order valence-corrected chi connectivity index (χ4v) is 2.02. The molecule has 2 aromatic rings. The summed E-state index contributed by atoms with van der Waals surface area (Å²) in [5, 5.41) is 0. The van der Waals surface area contributed by atoms with Crippen molar-refractivity contribution in [3.63, 3.8) is 0 Å². The number of likely N-dealkylation sites (N-methyl/N-ethyl adjacent to an activating group) is 1. The van der Waals surface area contributed by atoms with Gasteiger partial charge in [-0.05, 0) is 43.3 Å². The van der Waals surface area contributed by atoms with Gasteiger partial charge in [0.05, 0.1) is 6.54 Å². The third kappa shape index (κ3) is 4.28. The Morgan fingerprint density at radius 2 is 1.63 bits per heavy atom. The Morgan fingerprint density at radius 3 is 2.26 bits per heavy atom. The van der Waals surface area contributed by atoms with Gasteiger partial charge in [0.15, 0.2) is 0 Å². The molecule has 0 aliphatic rings. The van der Waals surface area contributed by atoms with Crippen molar-refractivity contribution in [1.29, 1.82) is 0 Å². The minimum Gasteiger partial charge on any atom is -0.492 e. The number of aryl methyl sites for hydroxylation is 1. The summed E-state index contributed by atoms with van der Waals surface area (Å²) < 4.78 is 6.78. The van der Waals surface area contributed by atoms with Crippen LogP contribution in [0.1, 0.15) is 5.56 Å². The zero-order valence-corrected chi connectivity index (χ0v) is 12.9. The quantitative estimate of drug-likeness (QED) is 0.816. The molecule has 0 aliphatic heterocycles. The van der Waals surface area contributed by atoms with E-state index in [1.165, 1.54) is 11.3 Å². The summed E-state index contributed by atoms with van der Waals surface area (Å²) in [7, 11) is 2.08. The summed E-state index contributed by atoms with van der Waals surface area (Å²) in [6, 6.07) is 16.4. The molecule has 2 rings (SSSR count). The lowest BCUT2D eigenvalue weighted by Crippen LogP contribution is -2.23. The largest absolute Gasteiger partial charge is 0.492 e. The standard InChI is InChI=1S/C16H18BrNO/c1-13-3-7-15(8-4-13)18(2)11-12-19-16-9-5-14(17)6-10-16/h3-10H,11-12H2,1-2H3. The molecule has 0 aliphatic carbocycles. The highest BCUT2D eigenvalue weighted by Gasteiger charge is 2.01. The van der Waals surface area contributed by atoms with E-state index in [0.717, 1.165) is 16.8 Å². The van der Waals surface area contributed by atoms with Crippen LogP contribution in [-0.4, -0.2) is 20.2 Å². The SMILES string of the molecule is Cc1ccc(N(C)CCOc2ccc(Br)cc2)cc1. The van der Waals surface area contributed by atoms with Crippen molar-refractivity contribution in [3.05, 3.63) is 58.6 Å². The molecule has 0 unspecified atom stereocenters. The van der Waals surface area contributed by atoms with E-state index >= 15 is 0 Å². The first-order valence-corrected chi connectivity index (χ1v) is 7.10. The fourth-order valence-electron chi connectivity index (χ4n) is 1.76. The second kappa shape index (κ2) is 6.62. The lowest BCUT2D eigenvalue weighted by atomic mass is 10.2.